The molecule has 2 rings (SSSR count). The van der Waals surface area contributed by atoms with Crippen molar-refractivity contribution >= 4 is 28.1 Å². The molecule has 0 fully saturated rings. The molecule has 0 atom stereocenters. The van der Waals surface area contributed by atoms with Crippen molar-refractivity contribution in [3.63, 3.8) is 0 Å². The van der Waals surface area contributed by atoms with Gasteiger partial charge >= 0.3 is 0 Å². The predicted octanol–water partition coefficient (Wildman–Crippen LogP) is 1.86. The normalized spacial score (nSPS) is 10.7. The van der Waals surface area contributed by atoms with E-state index in [9.17, 15) is 0 Å². The molecule has 0 radical (unpaired) electrons. The van der Waals surface area contributed by atoms with Crippen molar-refractivity contribution in [2.24, 2.45) is 0 Å². The van der Waals surface area contributed by atoms with E-state index in [0.29, 0.717) is 5.88 Å². The molecule has 4 nitrogen and oxygen atoms in total. The number of fused-ring (bicyclic) bond motifs is 1. The van der Waals surface area contributed by atoms with Crippen LogP contribution in [0, 0.1) is 12.3 Å². The Labute approximate surface area is 115 Å². The number of terminal acetylenes is 1. The lowest BCUT2D eigenvalue weighted by atomic mass is 10.4. The molecule has 2 aromatic rings. The molecular weight excluding hydrogens is 266 g/mol. The summed E-state index contributed by atoms with van der Waals surface area (Å²) >= 11 is 3.36. The number of rotatable bonds is 7. The van der Waals surface area contributed by atoms with Crippen molar-refractivity contribution < 1.29 is 4.74 Å². The number of imidazole rings is 1. The first-order valence-electron chi connectivity index (χ1n) is 5.57. The average molecular weight is 281 g/mol. The van der Waals surface area contributed by atoms with Gasteiger partial charge in [-0.2, -0.15) is 4.98 Å². The molecule has 0 saturated heterocycles. The van der Waals surface area contributed by atoms with E-state index in [0.717, 1.165) is 35.3 Å². The van der Waals surface area contributed by atoms with Gasteiger partial charge in [-0.25, -0.2) is 0 Å². The molecule has 0 saturated carbocycles. The molecule has 0 aromatic carbocycles. The number of hydrogen-bond donors (Lipinski definition) is 1. The molecule has 0 bridgehead atoms. The topological polar surface area (TPSA) is 38.6 Å². The first-order chi connectivity index (χ1) is 8.86. The van der Waals surface area contributed by atoms with Crippen LogP contribution in [0.2, 0.25) is 0 Å². The monoisotopic (exact) mass is 281 g/mol. The smallest absolute Gasteiger partial charge is 0.237 e. The van der Waals surface area contributed by atoms with Gasteiger partial charge in [-0.05, 0) is 0 Å². The summed E-state index contributed by atoms with van der Waals surface area (Å²) in [5.74, 6) is 5.10. The van der Waals surface area contributed by atoms with Gasteiger partial charge in [0, 0.05) is 30.4 Å². The first kappa shape index (κ1) is 13.3. The van der Waals surface area contributed by atoms with Gasteiger partial charge in [0.25, 0.3) is 0 Å². The van der Waals surface area contributed by atoms with Gasteiger partial charge in [-0.3, -0.25) is 4.40 Å². The Balaban J connectivity index is 1.90. The second-order valence-electron chi connectivity index (χ2n) is 3.56. The van der Waals surface area contributed by atoms with E-state index >= 15 is 0 Å². The highest BCUT2D eigenvalue weighted by Gasteiger charge is 2.12. The highest BCUT2D eigenvalue weighted by Crippen LogP contribution is 2.22. The summed E-state index contributed by atoms with van der Waals surface area (Å²) in [4.78, 5) is 5.37. The minimum absolute atomic E-state index is 0.700. The van der Waals surface area contributed by atoms with E-state index in [-0.39, 0.29) is 0 Å². The lowest BCUT2D eigenvalue weighted by Gasteiger charge is -2.05. The maximum atomic E-state index is 5.29. The molecule has 0 spiro atoms. The number of nitrogens with zero attached hydrogens (tertiary/aromatic N) is 2. The van der Waals surface area contributed by atoms with Crippen molar-refractivity contribution in [3.05, 3.63) is 17.3 Å². The summed E-state index contributed by atoms with van der Waals surface area (Å²) in [6.07, 6.45) is 7.20. The average Bonchev–Trinajstić information content (AvgIpc) is 2.94. The van der Waals surface area contributed by atoms with Crippen LogP contribution in [0.25, 0.3) is 4.96 Å². The standard InChI is InChI=1S/C12H15N3OS2/c1-3-6-17-7-4-13-9-10-11(16-2)14-12-15(10)5-8-18-12/h1,5,8,13H,4,6-7,9H2,2H3. The van der Waals surface area contributed by atoms with Gasteiger partial charge < -0.3 is 10.1 Å². The Morgan fingerprint density at radius 1 is 1.67 bits per heavy atom. The molecule has 2 aromatic heterocycles. The number of methoxy groups -OCH3 is 1. The van der Waals surface area contributed by atoms with Crippen LogP contribution < -0.4 is 10.1 Å². The molecule has 18 heavy (non-hydrogen) atoms. The number of aromatic nitrogens is 2. The molecule has 0 unspecified atom stereocenters. The quantitative estimate of drug-likeness (QED) is 0.621. The SMILES string of the molecule is C#CCSCCNCc1c(OC)nc2sccn12. The fourth-order valence-corrected chi connectivity index (χ4v) is 2.89. The van der Waals surface area contributed by atoms with Crippen LogP contribution in [-0.2, 0) is 6.54 Å². The molecule has 1 N–H and O–H groups in total. The van der Waals surface area contributed by atoms with Crippen LogP contribution in [0.5, 0.6) is 5.88 Å². The molecule has 2 heterocycles. The van der Waals surface area contributed by atoms with E-state index in [4.69, 9.17) is 11.2 Å². The lowest BCUT2D eigenvalue weighted by molar-refractivity contribution is 0.393. The molecule has 0 aliphatic rings. The Morgan fingerprint density at radius 2 is 2.56 bits per heavy atom. The van der Waals surface area contributed by atoms with Crippen molar-refractivity contribution in [2.45, 2.75) is 6.54 Å². The van der Waals surface area contributed by atoms with Crippen molar-refractivity contribution in [3.8, 4) is 18.2 Å². The van der Waals surface area contributed by atoms with Crippen LogP contribution in [0.3, 0.4) is 0 Å². The molecule has 0 aliphatic heterocycles. The summed E-state index contributed by atoms with van der Waals surface area (Å²) in [5, 5.41) is 5.40. The van der Waals surface area contributed by atoms with E-state index in [1.54, 1.807) is 30.2 Å². The second kappa shape index (κ2) is 6.69. The first-order valence-corrected chi connectivity index (χ1v) is 7.60. The summed E-state index contributed by atoms with van der Waals surface area (Å²) in [6.45, 7) is 1.67. The van der Waals surface area contributed by atoms with Crippen LogP contribution in [0.15, 0.2) is 11.6 Å². The lowest BCUT2D eigenvalue weighted by Crippen LogP contribution is -2.18. The van der Waals surface area contributed by atoms with Crippen LogP contribution in [0.1, 0.15) is 5.69 Å². The minimum atomic E-state index is 0.700. The van der Waals surface area contributed by atoms with Crippen LogP contribution in [-0.4, -0.2) is 34.5 Å². The maximum absolute atomic E-state index is 5.29. The number of hydrogen-bond acceptors (Lipinski definition) is 5. The third-order valence-electron chi connectivity index (χ3n) is 2.42. The fraction of sp³-hybridized carbons (Fsp3) is 0.417. The molecular formula is C12H15N3OS2. The van der Waals surface area contributed by atoms with Crippen LogP contribution in [0.4, 0.5) is 0 Å². The van der Waals surface area contributed by atoms with E-state index in [1.807, 2.05) is 11.6 Å². The maximum Gasteiger partial charge on any atom is 0.237 e. The van der Waals surface area contributed by atoms with Gasteiger partial charge in [-0.15, -0.1) is 29.5 Å². The zero-order valence-corrected chi connectivity index (χ0v) is 11.8. The fourth-order valence-electron chi connectivity index (χ4n) is 1.62. The molecule has 0 aliphatic carbocycles. The Bertz CT molecular complexity index is 541. The highest BCUT2D eigenvalue weighted by atomic mass is 32.2. The summed E-state index contributed by atoms with van der Waals surface area (Å²) < 4.78 is 7.35. The van der Waals surface area contributed by atoms with Crippen molar-refractivity contribution in [1.29, 1.82) is 0 Å². The van der Waals surface area contributed by atoms with E-state index < -0.39 is 0 Å². The second-order valence-corrected chi connectivity index (χ2v) is 5.54. The largest absolute Gasteiger partial charge is 0.480 e. The predicted molar refractivity (Wildman–Crippen MR) is 77.5 cm³/mol. The van der Waals surface area contributed by atoms with Gasteiger partial charge in [0.2, 0.25) is 5.88 Å². The molecule has 6 heteroatoms. The van der Waals surface area contributed by atoms with Gasteiger partial charge in [0.1, 0.15) is 5.69 Å². The Kier molecular flexibility index (Phi) is 4.93. The highest BCUT2D eigenvalue weighted by molar-refractivity contribution is 7.99. The number of thiazole rings is 1. The minimum Gasteiger partial charge on any atom is -0.480 e. The zero-order valence-electron chi connectivity index (χ0n) is 10.2. The number of thioether (sulfide) groups is 1. The van der Waals surface area contributed by atoms with E-state index in [1.165, 1.54) is 0 Å². The third-order valence-corrected chi connectivity index (χ3v) is 4.04. The molecule has 0 amide bonds. The van der Waals surface area contributed by atoms with Gasteiger partial charge in [0.15, 0.2) is 4.96 Å². The zero-order chi connectivity index (χ0) is 12.8. The van der Waals surface area contributed by atoms with E-state index in [2.05, 4.69) is 20.6 Å². The summed E-state index contributed by atoms with van der Waals surface area (Å²) in [7, 11) is 1.65. The third kappa shape index (κ3) is 2.99. The van der Waals surface area contributed by atoms with Gasteiger partial charge in [-0.1, -0.05) is 5.92 Å². The Hall–Kier alpha value is -1.16. The van der Waals surface area contributed by atoms with Crippen LogP contribution >= 0.6 is 23.1 Å². The number of nitrogens with one attached hydrogen (secondary N) is 1. The summed E-state index contributed by atoms with van der Waals surface area (Å²) in [6, 6.07) is 0. The van der Waals surface area contributed by atoms with Gasteiger partial charge in [0.05, 0.1) is 12.9 Å². The Morgan fingerprint density at radius 3 is 3.33 bits per heavy atom. The molecule has 96 valence electrons. The van der Waals surface area contributed by atoms with Crippen molar-refractivity contribution in [1.82, 2.24) is 14.7 Å². The van der Waals surface area contributed by atoms with Crippen molar-refractivity contribution in [2.75, 3.05) is 25.2 Å². The number of ether oxygens (including phenoxy) is 1. The summed E-state index contributed by atoms with van der Waals surface area (Å²) in [5.41, 5.74) is 1.07.